The Hall–Kier alpha value is -1.16. The van der Waals surface area contributed by atoms with Gasteiger partial charge >= 0.3 is 0 Å². The normalized spacial score (nSPS) is 15.3. The second kappa shape index (κ2) is 10.3. The molecule has 2 aromatic carbocycles. The molecule has 196 valence electrons. The molecular weight excluding hydrogens is 581 g/mol. The Bertz CT molecular complexity index is 1350. The SMILES string of the molecule is CC(C)(C)Sc1ccc(-n2cc3c(c2)SC(=C2Sc4cn(-c5ccc(SC(C)(C)C)cc5)cc4S2)S3)cc1. The van der Waals surface area contributed by atoms with Crippen molar-refractivity contribution >= 4 is 70.6 Å². The van der Waals surface area contributed by atoms with Gasteiger partial charge in [-0.1, -0.05) is 88.6 Å². The molecule has 0 N–H and O–H groups in total. The van der Waals surface area contributed by atoms with Crippen molar-refractivity contribution in [1.29, 1.82) is 0 Å². The van der Waals surface area contributed by atoms with Crippen LogP contribution in [0.4, 0.5) is 0 Å². The first-order valence-corrected chi connectivity index (χ1v) is 17.4. The molecule has 8 heteroatoms. The van der Waals surface area contributed by atoms with Gasteiger partial charge in [0.2, 0.25) is 0 Å². The third-order valence-electron chi connectivity index (χ3n) is 5.61. The van der Waals surface area contributed by atoms with Crippen molar-refractivity contribution in [3.05, 3.63) is 81.8 Å². The van der Waals surface area contributed by atoms with Crippen molar-refractivity contribution in [1.82, 2.24) is 9.13 Å². The maximum absolute atomic E-state index is 2.28. The van der Waals surface area contributed by atoms with Gasteiger partial charge in [0.05, 0.1) is 8.47 Å². The summed E-state index contributed by atoms with van der Waals surface area (Å²) in [5.74, 6) is 0. The maximum Gasteiger partial charge on any atom is 0.0707 e. The Kier molecular flexibility index (Phi) is 7.36. The lowest BCUT2D eigenvalue weighted by atomic mass is 10.3. The van der Waals surface area contributed by atoms with Crippen LogP contribution in [0.15, 0.2) is 111 Å². The lowest BCUT2D eigenvalue weighted by molar-refractivity contribution is 0.802. The van der Waals surface area contributed by atoms with Crippen molar-refractivity contribution in [2.75, 3.05) is 0 Å². The third kappa shape index (κ3) is 6.11. The standard InChI is InChI=1S/C30H30N2S6/c1-29(2,3)37-21-11-7-19(8-12-21)31-15-23-24(16-31)34-27(33-23)28-35-25-17-32(18-26(25)36-28)20-9-13-22(14-10-20)38-30(4,5)6/h7-18H,1-6H3. The number of benzene rings is 2. The van der Waals surface area contributed by atoms with Gasteiger partial charge in [-0.3, -0.25) is 0 Å². The molecule has 0 atom stereocenters. The summed E-state index contributed by atoms with van der Waals surface area (Å²) in [6, 6.07) is 17.8. The number of thioether (sulfide) groups is 6. The quantitative estimate of drug-likeness (QED) is 0.211. The molecule has 0 amide bonds. The van der Waals surface area contributed by atoms with E-state index in [9.17, 15) is 0 Å². The Morgan fingerprint density at radius 1 is 0.474 bits per heavy atom. The van der Waals surface area contributed by atoms with Crippen LogP contribution in [0.25, 0.3) is 11.4 Å². The van der Waals surface area contributed by atoms with Crippen LogP contribution in [-0.2, 0) is 0 Å². The number of rotatable bonds is 4. The molecule has 2 nitrogen and oxygen atoms in total. The highest BCUT2D eigenvalue weighted by molar-refractivity contribution is 8.30. The second-order valence-electron chi connectivity index (χ2n) is 11.2. The third-order valence-corrected chi connectivity index (χ3v) is 13.4. The van der Waals surface area contributed by atoms with Crippen LogP contribution in [0, 0.1) is 0 Å². The minimum atomic E-state index is 0.225. The molecule has 4 heterocycles. The molecular formula is C30H30N2S6. The highest BCUT2D eigenvalue weighted by Gasteiger charge is 2.29. The predicted molar refractivity (Wildman–Crippen MR) is 173 cm³/mol. The van der Waals surface area contributed by atoms with Crippen LogP contribution in [0.2, 0.25) is 0 Å². The summed E-state index contributed by atoms with van der Waals surface area (Å²) >= 11 is 11.4. The molecule has 0 saturated heterocycles. The first-order valence-electron chi connectivity index (χ1n) is 12.5. The van der Waals surface area contributed by atoms with Gasteiger partial charge in [-0.05, 0) is 48.5 Å². The summed E-state index contributed by atoms with van der Waals surface area (Å²) in [6.07, 6.45) is 9.11. The van der Waals surface area contributed by atoms with Crippen LogP contribution < -0.4 is 0 Å². The van der Waals surface area contributed by atoms with Crippen LogP contribution in [0.3, 0.4) is 0 Å². The molecule has 2 aliphatic heterocycles. The van der Waals surface area contributed by atoms with Gasteiger partial charge in [-0.15, -0.1) is 23.5 Å². The van der Waals surface area contributed by atoms with Crippen LogP contribution in [0.5, 0.6) is 0 Å². The van der Waals surface area contributed by atoms with E-state index in [4.69, 9.17) is 0 Å². The fraction of sp³-hybridized carbons (Fsp3) is 0.267. The van der Waals surface area contributed by atoms with E-state index in [2.05, 4.69) is 124 Å². The highest BCUT2D eigenvalue weighted by atomic mass is 32.2. The fourth-order valence-electron chi connectivity index (χ4n) is 4.13. The van der Waals surface area contributed by atoms with Gasteiger partial charge in [-0.2, -0.15) is 0 Å². The summed E-state index contributed by atoms with van der Waals surface area (Å²) in [6.45, 7) is 13.5. The molecule has 0 bridgehead atoms. The molecule has 0 radical (unpaired) electrons. The smallest absolute Gasteiger partial charge is 0.0707 e. The van der Waals surface area contributed by atoms with Crippen molar-refractivity contribution < 1.29 is 0 Å². The number of nitrogens with zero attached hydrogens (tertiary/aromatic N) is 2. The van der Waals surface area contributed by atoms with Gasteiger partial charge in [0.15, 0.2) is 0 Å². The summed E-state index contributed by atoms with van der Waals surface area (Å²) in [7, 11) is 0. The second-order valence-corrected chi connectivity index (χ2v) is 19.7. The zero-order chi connectivity index (χ0) is 26.7. The largest absolute Gasteiger partial charge is 0.322 e. The average molecular weight is 611 g/mol. The monoisotopic (exact) mass is 610 g/mol. The number of aromatic nitrogens is 2. The molecule has 4 aromatic rings. The van der Waals surface area contributed by atoms with E-state index in [-0.39, 0.29) is 9.49 Å². The van der Waals surface area contributed by atoms with E-state index < -0.39 is 0 Å². The summed E-state index contributed by atoms with van der Waals surface area (Å²) in [4.78, 5) is 8.03. The minimum absolute atomic E-state index is 0.225. The zero-order valence-electron chi connectivity index (χ0n) is 22.3. The van der Waals surface area contributed by atoms with E-state index in [1.54, 1.807) is 0 Å². The van der Waals surface area contributed by atoms with Gasteiger partial charge < -0.3 is 9.13 Å². The lowest BCUT2D eigenvalue weighted by Crippen LogP contribution is -2.06. The van der Waals surface area contributed by atoms with Crippen molar-refractivity contribution in [3.63, 3.8) is 0 Å². The van der Waals surface area contributed by atoms with E-state index in [0.29, 0.717) is 0 Å². The molecule has 2 aromatic heterocycles. The van der Waals surface area contributed by atoms with Crippen LogP contribution in [-0.4, -0.2) is 18.6 Å². The van der Waals surface area contributed by atoms with Crippen LogP contribution >= 0.6 is 70.6 Å². The van der Waals surface area contributed by atoms with Gasteiger partial charge in [0.25, 0.3) is 0 Å². The Morgan fingerprint density at radius 2 is 0.763 bits per heavy atom. The molecule has 0 spiro atoms. The topological polar surface area (TPSA) is 9.86 Å². The summed E-state index contributed by atoms with van der Waals surface area (Å²) in [5, 5.41) is 0. The Morgan fingerprint density at radius 3 is 1.03 bits per heavy atom. The molecule has 0 unspecified atom stereocenters. The van der Waals surface area contributed by atoms with Gasteiger partial charge in [0.1, 0.15) is 0 Å². The molecule has 0 fully saturated rings. The predicted octanol–water partition coefficient (Wildman–Crippen LogP) is 11.3. The van der Waals surface area contributed by atoms with E-state index in [1.807, 2.05) is 70.6 Å². The summed E-state index contributed by atoms with van der Waals surface area (Å²) in [5.41, 5.74) is 2.43. The lowest BCUT2D eigenvalue weighted by Gasteiger charge is -2.17. The fourth-order valence-corrected chi connectivity index (χ4v) is 11.4. The summed E-state index contributed by atoms with van der Waals surface area (Å²) < 4.78 is 7.78. The van der Waals surface area contributed by atoms with Crippen molar-refractivity contribution in [3.8, 4) is 11.4 Å². The first kappa shape index (κ1) is 27.0. The zero-order valence-corrected chi connectivity index (χ0v) is 27.2. The van der Waals surface area contributed by atoms with Crippen LogP contribution in [0.1, 0.15) is 41.5 Å². The van der Waals surface area contributed by atoms with E-state index in [1.165, 1.54) is 49.2 Å². The molecule has 0 aliphatic carbocycles. The Balaban J connectivity index is 1.12. The number of hydrogen-bond donors (Lipinski definition) is 0. The van der Waals surface area contributed by atoms with Gasteiger partial charge in [0, 0.05) is 75.0 Å². The molecule has 38 heavy (non-hydrogen) atoms. The Labute approximate surface area is 251 Å². The van der Waals surface area contributed by atoms with Crippen molar-refractivity contribution in [2.24, 2.45) is 0 Å². The average Bonchev–Trinajstić information content (AvgIpc) is 3.56. The van der Waals surface area contributed by atoms with E-state index in [0.717, 1.165) is 0 Å². The first-order chi connectivity index (χ1) is 18.0. The number of hydrogen-bond acceptors (Lipinski definition) is 6. The molecule has 6 rings (SSSR count). The molecule has 2 aliphatic rings. The van der Waals surface area contributed by atoms with Crippen molar-refractivity contribution in [2.45, 2.75) is 80.4 Å². The minimum Gasteiger partial charge on any atom is -0.322 e. The maximum atomic E-state index is 2.28. The van der Waals surface area contributed by atoms with E-state index >= 15 is 0 Å². The highest BCUT2D eigenvalue weighted by Crippen LogP contribution is 2.62. The van der Waals surface area contributed by atoms with Gasteiger partial charge in [-0.25, -0.2) is 0 Å². The number of fused-ring (bicyclic) bond motifs is 2. The molecule has 0 saturated carbocycles.